The van der Waals surface area contributed by atoms with Crippen LogP contribution in [0.4, 0.5) is 0 Å². The zero-order chi connectivity index (χ0) is 32.0. The van der Waals surface area contributed by atoms with Crippen LogP contribution < -0.4 is 5.32 Å². The minimum atomic E-state index is -1.20. The van der Waals surface area contributed by atoms with Gasteiger partial charge in [-0.15, -0.1) is 13.2 Å². The molecule has 3 fully saturated rings. The van der Waals surface area contributed by atoms with Crippen LogP contribution in [0.15, 0.2) is 55.6 Å². The molecule has 3 saturated heterocycles. The number of ether oxygens (including phenoxy) is 2. The Balaban J connectivity index is 1.65. The fourth-order valence-corrected chi connectivity index (χ4v) is 7.11. The Bertz CT molecular complexity index is 1220. The standard InChI is InChI=1S/C34H47N3O7/c1-6-9-16-26(39)35-23(5)29(24-14-12-11-13-15-24)43-33(42)27-25-17-18-34(44-25)28(27)31(40)37(22(4)21-38)30(34)32(41)36(19-8-3)20-10-7-2/h6,8,11-15,22-23,25,27-30,38H,1,3,7,9-10,16-21H2,2,4-5H3,(H,35,39)/t22-,23+,25+,27-,28-,29+,30+,34-/m1/s1. The normalized spacial score (nSPS) is 27.3. The molecule has 1 spiro atoms. The second-order valence-electron chi connectivity index (χ2n) is 12.2. The van der Waals surface area contributed by atoms with Crippen LogP contribution >= 0.6 is 0 Å². The van der Waals surface area contributed by atoms with Crippen molar-refractivity contribution in [1.29, 1.82) is 0 Å². The van der Waals surface area contributed by atoms with Crippen LogP contribution in [0, 0.1) is 11.8 Å². The van der Waals surface area contributed by atoms with Gasteiger partial charge < -0.3 is 29.7 Å². The van der Waals surface area contributed by atoms with Gasteiger partial charge in [0, 0.05) is 19.5 Å². The summed E-state index contributed by atoms with van der Waals surface area (Å²) in [5.41, 5.74) is -0.502. The molecule has 1 aromatic rings. The van der Waals surface area contributed by atoms with Gasteiger partial charge in [0.15, 0.2) is 0 Å². The van der Waals surface area contributed by atoms with E-state index in [1.54, 1.807) is 30.9 Å². The summed E-state index contributed by atoms with van der Waals surface area (Å²) in [5.74, 6) is -3.30. The van der Waals surface area contributed by atoms with Gasteiger partial charge in [-0.05, 0) is 45.1 Å². The molecule has 3 aliphatic rings. The highest BCUT2D eigenvalue weighted by Crippen LogP contribution is 2.59. The fourth-order valence-electron chi connectivity index (χ4n) is 7.11. The van der Waals surface area contributed by atoms with Crippen LogP contribution in [0.1, 0.15) is 71.0 Å². The van der Waals surface area contributed by atoms with E-state index < -0.39 is 53.7 Å². The quantitative estimate of drug-likeness (QED) is 0.218. The number of carbonyl (C=O) groups excluding carboxylic acids is 4. The molecule has 8 atom stereocenters. The summed E-state index contributed by atoms with van der Waals surface area (Å²) in [7, 11) is 0. The number of likely N-dealkylation sites (tertiary alicyclic amines) is 1. The number of aliphatic hydroxyl groups is 1. The number of hydrogen-bond acceptors (Lipinski definition) is 7. The fraction of sp³-hybridized carbons (Fsp3) is 0.588. The minimum Gasteiger partial charge on any atom is -0.455 e. The zero-order valence-electron chi connectivity index (χ0n) is 26.2. The lowest BCUT2D eigenvalue weighted by Crippen LogP contribution is -2.58. The maximum Gasteiger partial charge on any atom is 0.313 e. The molecule has 240 valence electrons. The summed E-state index contributed by atoms with van der Waals surface area (Å²) in [5, 5.41) is 13.1. The number of allylic oxidation sites excluding steroid dienone is 1. The molecule has 0 saturated carbocycles. The third-order valence-corrected chi connectivity index (χ3v) is 9.22. The lowest BCUT2D eigenvalue weighted by Gasteiger charge is -2.38. The van der Waals surface area contributed by atoms with Crippen molar-refractivity contribution in [2.45, 2.75) is 95.2 Å². The SMILES string of the molecule is C=CCCC(=O)N[C@@H](C)[C@H](OC(=O)[C@@H]1[C@@H]2CC[C@]3(O2)[C@H](C(=O)N(CC=C)CCCC)N([C@H](C)CO)C(=O)[C@@H]13)c1ccccc1. The molecule has 1 aromatic carbocycles. The number of fused-ring (bicyclic) bond motifs is 1. The van der Waals surface area contributed by atoms with E-state index in [-0.39, 0.29) is 30.7 Å². The molecular formula is C34H47N3O7. The van der Waals surface area contributed by atoms with E-state index in [2.05, 4.69) is 18.5 Å². The zero-order valence-corrected chi connectivity index (χ0v) is 26.2. The molecule has 10 nitrogen and oxygen atoms in total. The average Bonchev–Trinajstić information content (AvgIpc) is 3.67. The molecule has 0 unspecified atom stereocenters. The Kier molecular flexibility index (Phi) is 11.0. The van der Waals surface area contributed by atoms with Crippen molar-refractivity contribution < 1.29 is 33.8 Å². The molecule has 0 aromatic heterocycles. The topological polar surface area (TPSA) is 125 Å². The molecule has 4 rings (SSSR count). The van der Waals surface area contributed by atoms with E-state index in [0.29, 0.717) is 37.9 Å². The molecule has 0 radical (unpaired) electrons. The lowest BCUT2D eigenvalue weighted by molar-refractivity contribution is -0.162. The van der Waals surface area contributed by atoms with Crippen molar-refractivity contribution in [2.24, 2.45) is 11.8 Å². The smallest absolute Gasteiger partial charge is 0.313 e. The molecule has 3 amide bonds. The predicted octanol–water partition coefficient (Wildman–Crippen LogP) is 3.31. The summed E-state index contributed by atoms with van der Waals surface area (Å²) in [6, 6.07) is 6.97. The third-order valence-electron chi connectivity index (χ3n) is 9.22. The van der Waals surface area contributed by atoms with Gasteiger partial charge in [-0.3, -0.25) is 19.2 Å². The van der Waals surface area contributed by atoms with Gasteiger partial charge in [0.1, 0.15) is 17.7 Å². The van der Waals surface area contributed by atoms with Crippen molar-refractivity contribution in [3.8, 4) is 0 Å². The van der Waals surface area contributed by atoms with E-state index in [1.807, 2.05) is 37.3 Å². The van der Waals surface area contributed by atoms with E-state index in [1.165, 1.54) is 4.90 Å². The van der Waals surface area contributed by atoms with E-state index >= 15 is 0 Å². The first-order valence-corrected chi connectivity index (χ1v) is 15.8. The van der Waals surface area contributed by atoms with Crippen LogP contribution in [-0.2, 0) is 28.7 Å². The highest BCUT2D eigenvalue weighted by atomic mass is 16.6. The van der Waals surface area contributed by atoms with Crippen molar-refractivity contribution in [1.82, 2.24) is 15.1 Å². The Labute approximate surface area is 260 Å². The number of amides is 3. The van der Waals surface area contributed by atoms with E-state index in [9.17, 15) is 24.3 Å². The number of hydrogen-bond donors (Lipinski definition) is 2. The van der Waals surface area contributed by atoms with Gasteiger partial charge in [0.05, 0.1) is 36.6 Å². The number of carbonyl (C=O) groups is 4. The maximum absolute atomic E-state index is 14.2. The first kappa shape index (κ1) is 33.4. The first-order chi connectivity index (χ1) is 21.1. The summed E-state index contributed by atoms with van der Waals surface area (Å²) in [6.07, 6.45) is 5.32. The summed E-state index contributed by atoms with van der Waals surface area (Å²) >= 11 is 0. The highest BCUT2D eigenvalue weighted by molar-refractivity contribution is 5.98. The van der Waals surface area contributed by atoms with Crippen molar-refractivity contribution in [2.75, 3.05) is 19.7 Å². The van der Waals surface area contributed by atoms with Crippen LogP contribution in [0.25, 0.3) is 0 Å². The van der Waals surface area contributed by atoms with E-state index in [0.717, 1.165) is 12.8 Å². The number of nitrogens with one attached hydrogen (secondary N) is 1. The van der Waals surface area contributed by atoms with Gasteiger partial charge in [0.2, 0.25) is 17.7 Å². The van der Waals surface area contributed by atoms with Gasteiger partial charge in [0.25, 0.3) is 0 Å². The second kappa shape index (κ2) is 14.5. The van der Waals surface area contributed by atoms with Gasteiger partial charge in [-0.1, -0.05) is 55.8 Å². The molecule has 0 aliphatic carbocycles. The van der Waals surface area contributed by atoms with Crippen LogP contribution in [-0.4, -0.2) is 88.1 Å². The molecule has 2 N–H and O–H groups in total. The number of esters is 1. The molecule has 3 heterocycles. The van der Waals surface area contributed by atoms with Gasteiger partial charge in [-0.2, -0.15) is 0 Å². The number of unbranched alkanes of at least 4 members (excludes halogenated alkanes) is 1. The first-order valence-electron chi connectivity index (χ1n) is 15.8. The molecule has 3 aliphatic heterocycles. The number of aliphatic hydroxyl groups excluding tert-OH is 1. The minimum absolute atomic E-state index is 0.190. The lowest BCUT2D eigenvalue weighted by atomic mass is 9.70. The van der Waals surface area contributed by atoms with Crippen molar-refractivity contribution in [3.05, 3.63) is 61.2 Å². The Morgan fingerprint density at radius 1 is 1.23 bits per heavy atom. The van der Waals surface area contributed by atoms with Crippen LogP contribution in [0.2, 0.25) is 0 Å². The average molecular weight is 610 g/mol. The summed E-state index contributed by atoms with van der Waals surface area (Å²) in [4.78, 5) is 58.2. The molecular weight excluding hydrogens is 562 g/mol. The van der Waals surface area contributed by atoms with E-state index in [4.69, 9.17) is 9.47 Å². The second-order valence-corrected chi connectivity index (χ2v) is 12.2. The predicted molar refractivity (Wildman–Crippen MR) is 165 cm³/mol. The Hall–Kier alpha value is -3.50. The molecule has 44 heavy (non-hydrogen) atoms. The molecule has 2 bridgehead atoms. The highest BCUT2D eigenvalue weighted by Gasteiger charge is 2.75. The van der Waals surface area contributed by atoms with Gasteiger partial charge in [-0.25, -0.2) is 0 Å². The van der Waals surface area contributed by atoms with Crippen molar-refractivity contribution >= 4 is 23.7 Å². The number of rotatable bonds is 16. The molecule has 10 heteroatoms. The van der Waals surface area contributed by atoms with Gasteiger partial charge >= 0.3 is 5.97 Å². The monoisotopic (exact) mass is 609 g/mol. The number of benzene rings is 1. The Morgan fingerprint density at radius 3 is 2.59 bits per heavy atom. The third kappa shape index (κ3) is 6.33. The largest absolute Gasteiger partial charge is 0.455 e. The van der Waals surface area contributed by atoms with Crippen LogP contribution in [0.3, 0.4) is 0 Å². The summed E-state index contributed by atoms with van der Waals surface area (Å²) in [6.45, 7) is 13.5. The van der Waals surface area contributed by atoms with Crippen molar-refractivity contribution in [3.63, 3.8) is 0 Å². The van der Waals surface area contributed by atoms with Crippen LogP contribution in [0.5, 0.6) is 0 Å². The maximum atomic E-state index is 14.2. The Morgan fingerprint density at radius 2 is 1.95 bits per heavy atom. The number of nitrogens with zero attached hydrogens (tertiary/aromatic N) is 2. The summed E-state index contributed by atoms with van der Waals surface area (Å²) < 4.78 is 12.7.